The number of hydrogen-bond acceptors (Lipinski definition) is 4. The molecule has 2 aliphatic rings. The first-order valence-corrected chi connectivity index (χ1v) is 10.6. The van der Waals surface area contributed by atoms with Crippen molar-refractivity contribution in [1.29, 1.82) is 0 Å². The van der Waals surface area contributed by atoms with Gasteiger partial charge in [0.2, 0.25) is 5.91 Å². The lowest BCUT2D eigenvalue weighted by Crippen LogP contribution is -2.42. The van der Waals surface area contributed by atoms with Crippen LogP contribution in [0.5, 0.6) is 0 Å². The molecule has 0 radical (unpaired) electrons. The summed E-state index contributed by atoms with van der Waals surface area (Å²) in [5.74, 6) is 0.520. The van der Waals surface area contributed by atoms with Crippen molar-refractivity contribution in [2.24, 2.45) is 5.92 Å². The third-order valence-electron chi connectivity index (χ3n) is 6.10. The molecule has 6 heteroatoms. The minimum Gasteiger partial charge on any atom is -0.342 e. The highest BCUT2D eigenvalue weighted by Crippen LogP contribution is 2.22. The molecule has 0 unspecified atom stereocenters. The zero-order valence-electron chi connectivity index (χ0n) is 16.8. The molecule has 0 aromatic carbocycles. The molecule has 2 aromatic heterocycles. The predicted octanol–water partition coefficient (Wildman–Crippen LogP) is 2.62. The van der Waals surface area contributed by atoms with E-state index in [1.807, 2.05) is 25.3 Å². The van der Waals surface area contributed by atoms with Crippen LogP contribution in [0.25, 0.3) is 5.65 Å². The van der Waals surface area contributed by atoms with E-state index in [4.69, 9.17) is 0 Å². The lowest BCUT2D eigenvalue weighted by Gasteiger charge is -2.33. The number of rotatable bonds is 3. The molecule has 4 rings (SSSR count). The summed E-state index contributed by atoms with van der Waals surface area (Å²) in [6.45, 7) is 6.28. The van der Waals surface area contributed by atoms with E-state index in [0.29, 0.717) is 18.1 Å². The van der Waals surface area contributed by atoms with Crippen LogP contribution >= 0.6 is 0 Å². The van der Waals surface area contributed by atoms with Gasteiger partial charge in [0, 0.05) is 37.8 Å². The largest absolute Gasteiger partial charge is 0.342 e. The van der Waals surface area contributed by atoms with Crippen LogP contribution < -0.4 is 5.56 Å². The average molecular weight is 383 g/mol. The number of carbonyl (C=O) groups is 1. The minimum absolute atomic E-state index is 0.0325. The van der Waals surface area contributed by atoms with E-state index in [1.54, 1.807) is 10.5 Å². The predicted molar refractivity (Wildman–Crippen MR) is 109 cm³/mol. The van der Waals surface area contributed by atoms with Gasteiger partial charge in [0.25, 0.3) is 5.56 Å². The highest BCUT2D eigenvalue weighted by atomic mass is 16.2. The lowest BCUT2D eigenvalue weighted by molar-refractivity contribution is -0.137. The third-order valence-corrected chi connectivity index (χ3v) is 6.10. The summed E-state index contributed by atoms with van der Waals surface area (Å²) in [6.07, 6.45) is 8.43. The highest BCUT2D eigenvalue weighted by Gasteiger charge is 2.29. The van der Waals surface area contributed by atoms with Gasteiger partial charge in [-0.3, -0.25) is 18.9 Å². The molecular weight excluding hydrogens is 352 g/mol. The monoisotopic (exact) mass is 382 g/mol. The number of amides is 1. The van der Waals surface area contributed by atoms with Gasteiger partial charge in [-0.2, -0.15) is 0 Å². The van der Waals surface area contributed by atoms with E-state index < -0.39 is 0 Å². The summed E-state index contributed by atoms with van der Waals surface area (Å²) in [7, 11) is 0. The fourth-order valence-electron chi connectivity index (χ4n) is 4.46. The summed E-state index contributed by atoms with van der Waals surface area (Å²) >= 11 is 0. The van der Waals surface area contributed by atoms with Crippen molar-refractivity contribution in [2.75, 3.05) is 26.2 Å². The minimum atomic E-state index is -0.0325. The van der Waals surface area contributed by atoms with E-state index in [-0.39, 0.29) is 11.5 Å². The summed E-state index contributed by atoms with van der Waals surface area (Å²) < 4.78 is 1.60. The SMILES string of the molecule is Cc1ccc2nc(CN3CCC(C(=O)N4CCCCCC4)CC3)cc(=O)n2c1. The topological polar surface area (TPSA) is 57.9 Å². The number of piperidine rings is 1. The second-order valence-electron chi connectivity index (χ2n) is 8.31. The van der Waals surface area contributed by atoms with E-state index >= 15 is 0 Å². The van der Waals surface area contributed by atoms with E-state index in [1.165, 1.54) is 12.8 Å². The number of pyridine rings is 1. The fourth-order valence-corrected chi connectivity index (χ4v) is 4.46. The molecule has 2 aliphatic heterocycles. The average Bonchev–Trinajstić information content (AvgIpc) is 2.98. The van der Waals surface area contributed by atoms with Crippen molar-refractivity contribution >= 4 is 11.6 Å². The molecule has 2 aromatic rings. The lowest BCUT2D eigenvalue weighted by atomic mass is 9.95. The zero-order chi connectivity index (χ0) is 19.5. The van der Waals surface area contributed by atoms with Crippen LogP contribution in [0.3, 0.4) is 0 Å². The maximum absolute atomic E-state index is 12.8. The molecule has 0 spiro atoms. The van der Waals surface area contributed by atoms with Gasteiger partial charge in [-0.05, 0) is 57.3 Å². The molecular formula is C22H30N4O2. The smallest absolute Gasteiger partial charge is 0.258 e. The van der Waals surface area contributed by atoms with Crippen molar-refractivity contribution in [1.82, 2.24) is 19.2 Å². The van der Waals surface area contributed by atoms with Gasteiger partial charge in [-0.1, -0.05) is 18.9 Å². The number of aromatic nitrogens is 2. The summed E-state index contributed by atoms with van der Waals surface area (Å²) in [5, 5.41) is 0. The van der Waals surface area contributed by atoms with Crippen LogP contribution in [0.4, 0.5) is 0 Å². The van der Waals surface area contributed by atoms with Gasteiger partial charge in [0.15, 0.2) is 0 Å². The number of hydrogen-bond donors (Lipinski definition) is 0. The molecule has 0 atom stereocenters. The Labute approximate surface area is 166 Å². The van der Waals surface area contributed by atoms with Crippen molar-refractivity contribution in [3.8, 4) is 0 Å². The number of carbonyl (C=O) groups excluding carboxylic acids is 1. The van der Waals surface area contributed by atoms with Crippen molar-refractivity contribution < 1.29 is 4.79 Å². The standard InChI is InChI=1S/C22H30N4O2/c1-17-6-7-20-23-19(14-21(27)26(20)15-17)16-24-12-8-18(9-13-24)22(28)25-10-4-2-3-5-11-25/h6-7,14-15,18H,2-5,8-13,16H2,1H3. The van der Waals surface area contributed by atoms with Gasteiger partial charge in [0.1, 0.15) is 5.65 Å². The quantitative estimate of drug-likeness (QED) is 0.819. The van der Waals surface area contributed by atoms with Crippen LogP contribution in [0.1, 0.15) is 49.8 Å². The van der Waals surface area contributed by atoms with Gasteiger partial charge >= 0.3 is 0 Å². The molecule has 28 heavy (non-hydrogen) atoms. The molecule has 2 saturated heterocycles. The summed E-state index contributed by atoms with van der Waals surface area (Å²) in [4.78, 5) is 34.3. The normalized spacial score (nSPS) is 19.7. The first-order chi connectivity index (χ1) is 13.6. The van der Waals surface area contributed by atoms with E-state index in [2.05, 4.69) is 14.8 Å². The molecule has 150 valence electrons. The van der Waals surface area contributed by atoms with Crippen LogP contribution in [0.15, 0.2) is 29.2 Å². The zero-order valence-corrected chi connectivity index (χ0v) is 16.8. The van der Waals surface area contributed by atoms with E-state index in [0.717, 1.165) is 63.1 Å². The Morgan fingerprint density at radius 2 is 1.79 bits per heavy atom. The van der Waals surface area contributed by atoms with Gasteiger partial charge in [-0.15, -0.1) is 0 Å². The Morgan fingerprint density at radius 1 is 1.07 bits per heavy atom. The van der Waals surface area contributed by atoms with Gasteiger partial charge < -0.3 is 4.90 Å². The molecule has 0 N–H and O–H groups in total. The van der Waals surface area contributed by atoms with Crippen LogP contribution in [0, 0.1) is 12.8 Å². The van der Waals surface area contributed by atoms with Gasteiger partial charge in [0.05, 0.1) is 5.69 Å². The maximum atomic E-state index is 12.8. The second-order valence-corrected chi connectivity index (χ2v) is 8.31. The molecule has 0 saturated carbocycles. The molecule has 1 amide bonds. The fraction of sp³-hybridized carbons (Fsp3) is 0.591. The highest BCUT2D eigenvalue weighted by molar-refractivity contribution is 5.79. The van der Waals surface area contributed by atoms with Crippen molar-refractivity contribution in [3.63, 3.8) is 0 Å². The third kappa shape index (κ3) is 4.27. The van der Waals surface area contributed by atoms with E-state index in [9.17, 15) is 9.59 Å². The molecule has 0 aliphatic carbocycles. The molecule has 4 heterocycles. The summed E-state index contributed by atoms with van der Waals surface area (Å²) in [5.41, 5.74) is 2.51. The van der Waals surface area contributed by atoms with Crippen LogP contribution in [0.2, 0.25) is 0 Å². The van der Waals surface area contributed by atoms with Crippen LogP contribution in [-0.4, -0.2) is 51.3 Å². The second kappa shape index (κ2) is 8.43. The van der Waals surface area contributed by atoms with Gasteiger partial charge in [-0.25, -0.2) is 4.98 Å². The summed E-state index contributed by atoms with van der Waals surface area (Å²) in [6, 6.07) is 5.51. The number of fused-ring (bicyclic) bond motifs is 1. The Kier molecular flexibility index (Phi) is 5.76. The number of likely N-dealkylation sites (tertiary alicyclic amines) is 2. The number of aryl methyl sites for hydroxylation is 1. The Balaban J connectivity index is 1.36. The Bertz CT molecular complexity index is 891. The van der Waals surface area contributed by atoms with Crippen molar-refractivity contribution in [2.45, 2.75) is 52.0 Å². The molecule has 6 nitrogen and oxygen atoms in total. The Hall–Kier alpha value is -2.21. The Morgan fingerprint density at radius 3 is 2.50 bits per heavy atom. The first-order valence-electron chi connectivity index (χ1n) is 10.6. The first kappa shape index (κ1) is 19.1. The molecule has 2 fully saturated rings. The maximum Gasteiger partial charge on any atom is 0.258 e. The van der Waals surface area contributed by atoms with Crippen LogP contribution in [-0.2, 0) is 11.3 Å². The van der Waals surface area contributed by atoms with Crippen molar-refractivity contribution in [3.05, 3.63) is 46.0 Å². The molecule has 0 bridgehead atoms. The number of nitrogens with zero attached hydrogens (tertiary/aromatic N) is 4.